The molecule has 0 bridgehead atoms. The molecule has 2 heterocycles. The molecule has 0 aromatic carbocycles. The van der Waals surface area contributed by atoms with Crippen LogP contribution >= 0.6 is 0 Å². The molecule has 6 heteroatoms. The topological polar surface area (TPSA) is 54.9 Å². The summed E-state index contributed by atoms with van der Waals surface area (Å²) < 4.78 is 24.4. The summed E-state index contributed by atoms with van der Waals surface area (Å²) in [6.07, 6.45) is 4.31. The van der Waals surface area contributed by atoms with E-state index < -0.39 is 16.6 Å². The van der Waals surface area contributed by atoms with Gasteiger partial charge in [0.2, 0.25) is 5.16 Å². The quantitative estimate of drug-likeness (QED) is 0.795. The Kier molecular flexibility index (Phi) is 3.95. The van der Waals surface area contributed by atoms with Crippen LogP contribution in [0.15, 0.2) is 17.6 Å². The third-order valence-electron chi connectivity index (χ3n) is 2.59. The molecule has 0 aliphatic carbocycles. The summed E-state index contributed by atoms with van der Waals surface area (Å²) in [6, 6.07) is 0. The predicted molar refractivity (Wildman–Crippen MR) is 58.9 cm³/mol. The van der Waals surface area contributed by atoms with Gasteiger partial charge in [-0.05, 0) is 31.8 Å². The van der Waals surface area contributed by atoms with E-state index in [9.17, 15) is 8.60 Å². The molecular formula is C10H14FN3OS. The molecule has 2 atom stereocenters. The first-order valence-electron chi connectivity index (χ1n) is 5.32. The van der Waals surface area contributed by atoms with Crippen molar-refractivity contribution in [1.82, 2.24) is 15.3 Å². The first-order valence-corrected chi connectivity index (χ1v) is 6.64. The summed E-state index contributed by atoms with van der Waals surface area (Å²) in [5.41, 5.74) is 0. The van der Waals surface area contributed by atoms with Crippen LogP contribution in [0.4, 0.5) is 4.39 Å². The third-order valence-corrected chi connectivity index (χ3v) is 3.98. The molecule has 0 spiro atoms. The fourth-order valence-corrected chi connectivity index (χ4v) is 2.98. The second-order valence-corrected chi connectivity index (χ2v) is 5.30. The molecule has 0 saturated carbocycles. The lowest BCUT2D eigenvalue weighted by Gasteiger charge is -2.21. The number of halogens is 1. The summed E-state index contributed by atoms with van der Waals surface area (Å²) in [5, 5.41) is 3.49. The minimum absolute atomic E-state index is 0.229. The second kappa shape index (κ2) is 5.45. The van der Waals surface area contributed by atoms with E-state index in [1.54, 1.807) is 0 Å². The first-order chi connectivity index (χ1) is 7.75. The monoisotopic (exact) mass is 243 g/mol. The van der Waals surface area contributed by atoms with E-state index in [1.165, 1.54) is 0 Å². The normalized spacial score (nSPS) is 22.9. The molecule has 1 aromatic heterocycles. The van der Waals surface area contributed by atoms with Crippen LogP contribution in [-0.4, -0.2) is 33.0 Å². The molecule has 1 N–H and O–H groups in total. The molecule has 2 rings (SSSR count). The zero-order valence-electron chi connectivity index (χ0n) is 8.86. The number of piperidine rings is 1. The molecule has 1 fully saturated rings. The maximum atomic E-state index is 12.6. The smallest absolute Gasteiger partial charge is 0.218 e. The average molecular weight is 243 g/mol. The van der Waals surface area contributed by atoms with Crippen molar-refractivity contribution in [3.8, 4) is 0 Å². The van der Waals surface area contributed by atoms with Crippen LogP contribution in [0.25, 0.3) is 0 Å². The SMILES string of the molecule is O=[S@@](C[C@@H]1CCCNC1)c1ncc(F)cn1. The Morgan fingerprint density at radius 2 is 2.25 bits per heavy atom. The van der Waals surface area contributed by atoms with Gasteiger partial charge >= 0.3 is 0 Å². The van der Waals surface area contributed by atoms with Gasteiger partial charge in [0, 0.05) is 5.75 Å². The summed E-state index contributed by atoms with van der Waals surface area (Å²) >= 11 is 0. The third kappa shape index (κ3) is 3.05. The van der Waals surface area contributed by atoms with Crippen molar-refractivity contribution in [3.63, 3.8) is 0 Å². The Balaban J connectivity index is 1.94. The van der Waals surface area contributed by atoms with Gasteiger partial charge in [0.15, 0.2) is 5.82 Å². The van der Waals surface area contributed by atoms with Gasteiger partial charge in [-0.15, -0.1) is 0 Å². The molecule has 0 unspecified atom stereocenters. The van der Waals surface area contributed by atoms with Crippen molar-refractivity contribution in [3.05, 3.63) is 18.2 Å². The average Bonchev–Trinajstić information content (AvgIpc) is 2.31. The van der Waals surface area contributed by atoms with Crippen LogP contribution < -0.4 is 5.32 Å². The number of hydrogen-bond donors (Lipinski definition) is 1. The lowest BCUT2D eigenvalue weighted by molar-refractivity contribution is 0.407. The van der Waals surface area contributed by atoms with Crippen LogP contribution in [0.5, 0.6) is 0 Å². The zero-order valence-corrected chi connectivity index (χ0v) is 9.67. The molecule has 0 radical (unpaired) electrons. The van der Waals surface area contributed by atoms with Crippen LogP contribution in [0.2, 0.25) is 0 Å². The van der Waals surface area contributed by atoms with Gasteiger partial charge in [-0.1, -0.05) is 0 Å². The summed E-state index contributed by atoms with van der Waals surface area (Å²) in [4.78, 5) is 7.47. The Labute approximate surface area is 96.1 Å². The molecule has 1 saturated heterocycles. The van der Waals surface area contributed by atoms with Crippen molar-refractivity contribution in [2.24, 2.45) is 5.92 Å². The largest absolute Gasteiger partial charge is 0.316 e. The maximum absolute atomic E-state index is 12.6. The molecule has 0 amide bonds. The molecular weight excluding hydrogens is 229 g/mol. The van der Waals surface area contributed by atoms with E-state index in [-0.39, 0.29) is 5.16 Å². The highest BCUT2D eigenvalue weighted by Gasteiger charge is 2.18. The molecule has 1 aromatic rings. The van der Waals surface area contributed by atoms with E-state index in [4.69, 9.17) is 0 Å². The van der Waals surface area contributed by atoms with Gasteiger partial charge in [0.1, 0.15) is 0 Å². The van der Waals surface area contributed by atoms with E-state index >= 15 is 0 Å². The highest BCUT2D eigenvalue weighted by molar-refractivity contribution is 7.84. The molecule has 1 aliphatic heterocycles. The van der Waals surface area contributed by atoms with E-state index in [1.807, 2.05) is 0 Å². The Bertz CT molecular complexity index is 365. The van der Waals surface area contributed by atoms with Crippen molar-refractivity contribution >= 4 is 10.8 Å². The number of hydrogen-bond acceptors (Lipinski definition) is 4. The van der Waals surface area contributed by atoms with Crippen molar-refractivity contribution in [2.75, 3.05) is 18.8 Å². The van der Waals surface area contributed by atoms with E-state index in [0.717, 1.165) is 38.3 Å². The highest BCUT2D eigenvalue weighted by atomic mass is 32.2. The standard InChI is InChI=1S/C10H14FN3OS/c11-9-5-13-10(14-6-9)16(15)7-8-2-1-3-12-4-8/h5-6,8,12H,1-4,7H2/t8-,16+/m1/s1. The zero-order chi connectivity index (χ0) is 11.4. The van der Waals surface area contributed by atoms with E-state index in [2.05, 4.69) is 15.3 Å². The minimum atomic E-state index is -1.22. The van der Waals surface area contributed by atoms with Crippen molar-refractivity contribution < 1.29 is 8.60 Å². The van der Waals surface area contributed by atoms with Gasteiger partial charge in [0.05, 0.1) is 23.2 Å². The Morgan fingerprint density at radius 1 is 1.50 bits per heavy atom. The van der Waals surface area contributed by atoms with Crippen molar-refractivity contribution in [1.29, 1.82) is 0 Å². The molecule has 88 valence electrons. The fourth-order valence-electron chi connectivity index (χ4n) is 1.77. The van der Waals surface area contributed by atoms with Gasteiger partial charge < -0.3 is 5.32 Å². The number of nitrogens with one attached hydrogen (secondary N) is 1. The lowest BCUT2D eigenvalue weighted by Crippen LogP contribution is -2.32. The number of nitrogens with zero attached hydrogens (tertiary/aromatic N) is 2. The molecule has 16 heavy (non-hydrogen) atoms. The number of rotatable bonds is 3. The Morgan fingerprint density at radius 3 is 2.88 bits per heavy atom. The lowest BCUT2D eigenvalue weighted by atomic mass is 10.0. The summed E-state index contributed by atoms with van der Waals surface area (Å²) in [5.74, 6) is 0.460. The van der Waals surface area contributed by atoms with Gasteiger partial charge in [-0.2, -0.15) is 0 Å². The first kappa shape index (κ1) is 11.6. The van der Waals surface area contributed by atoms with Crippen LogP contribution in [-0.2, 0) is 10.8 Å². The van der Waals surface area contributed by atoms with Crippen LogP contribution in [0.3, 0.4) is 0 Å². The van der Waals surface area contributed by atoms with Crippen molar-refractivity contribution in [2.45, 2.75) is 18.0 Å². The summed E-state index contributed by atoms with van der Waals surface area (Å²) in [6.45, 7) is 1.93. The molecule has 4 nitrogen and oxygen atoms in total. The van der Waals surface area contributed by atoms with Crippen LogP contribution in [0, 0.1) is 11.7 Å². The highest BCUT2D eigenvalue weighted by Crippen LogP contribution is 2.13. The predicted octanol–water partition coefficient (Wildman–Crippen LogP) is 0.723. The minimum Gasteiger partial charge on any atom is -0.316 e. The van der Waals surface area contributed by atoms with Crippen LogP contribution in [0.1, 0.15) is 12.8 Å². The fraction of sp³-hybridized carbons (Fsp3) is 0.600. The maximum Gasteiger partial charge on any atom is 0.218 e. The second-order valence-electron chi connectivity index (χ2n) is 3.91. The van der Waals surface area contributed by atoms with Gasteiger partial charge in [-0.3, -0.25) is 4.21 Å². The van der Waals surface area contributed by atoms with E-state index in [0.29, 0.717) is 11.7 Å². The van der Waals surface area contributed by atoms with Gasteiger partial charge in [-0.25, -0.2) is 14.4 Å². The van der Waals surface area contributed by atoms with Gasteiger partial charge in [0.25, 0.3) is 0 Å². The number of aromatic nitrogens is 2. The summed E-state index contributed by atoms with van der Waals surface area (Å²) in [7, 11) is -1.22. The molecule has 1 aliphatic rings. The Hall–Kier alpha value is -0.880.